The first-order valence-corrected chi connectivity index (χ1v) is 38.2. The number of aromatic nitrogens is 12. The zero-order chi connectivity index (χ0) is 79.4. The van der Waals surface area contributed by atoms with E-state index in [-0.39, 0.29) is 23.6 Å². The first-order valence-electron chi connectivity index (χ1n) is 34.5. The summed E-state index contributed by atoms with van der Waals surface area (Å²) < 4.78 is 11.2. The van der Waals surface area contributed by atoms with Crippen LogP contribution in [0.5, 0.6) is 0 Å². The number of hydrogen-bond acceptors (Lipinski definition) is 25. The fraction of sp³-hybridized carbons (Fsp3) is 0.300. The van der Waals surface area contributed by atoms with E-state index in [0.717, 1.165) is 61.5 Å². The molecule has 8 aromatic heterocycles. The fourth-order valence-electron chi connectivity index (χ4n) is 9.75. The zero-order valence-electron chi connectivity index (χ0n) is 65.3. The number of nitrogens with one attached hydrogen (secondary N) is 2. The third-order valence-corrected chi connectivity index (χ3v) is 16.6. The highest BCUT2D eigenvalue weighted by Crippen LogP contribution is 2.32. The minimum Gasteiger partial charge on any atom is -0.443 e. The van der Waals surface area contributed by atoms with Gasteiger partial charge >= 0.3 is 12.2 Å². The Morgan fingerprint density at radius 2 is 0.713 bits per heavy atom. The third-order valence-electron chi connectivity index (χ3n) is 13.9. The second-order valence-electron chi connectivity index (χ2n) is 25.8. The maximum atomic E-state index is 13.0. The van der Waals surface area contributed by atoms with Crippen LogP contribution >= 0.6 is 45.3 Å². The first kappa shape index (κ1) is 85.9. The molecule has 0 aliphatic heterocycles. The predicted molar refractivity (Wildman–Crippen MR) is 438 cm³/mol. The molecule has 0 fully saturated rings. The predicted octanol–water partition coefficient (Wildman–Crippen LogP) is 20.8. The Labute approximate surface area is 649 Å². The van der Waals surface area contributed by atoms with E-state index < -0.39 is 23.4 Å². The maximum absolute atomic E-state index is 13.0. The summed E-state index contributed by atoms with van der Waals surface area (Å²) in [6, 6.07) is 31.4. The summed E-state index contributed by atoms with van der Waals surface area (Å²) in [5, 5.41) is 15.7. The van der Waals surface area contributed by atoms with Crippen molar-refractivity contribution in [2.24, 2.45) is 0 Å². The van der Waals surface area contributed by atoms with Gasteiger partial charge < -0.3 is 20.1 Å². The SMILES string of the molecule is CC.CC.CC(=O)c1nc(-c2ccnc(Nc3cc(C)cc(C)c3)n2)cs1.CON(C)C(C)=O.Cc1cc(C)cc(N(C(=O)OC(C)(C)C)c2nccc(-c3cscn3)n2)c1.Cc1cc(C)cc(N(C(=O)OC(C)(C)C)c2nccc(-c3cscn3)n2)c1.Cc1cc(C)cc(Nc2nccc(-c3cscn3)n2)c1. The molecule has 4 aromatic carbocycles. The summed E-state index contributed by atoms with van der Waals surface area (Å²) in [7, 11) is 3.00. The van der Waals surface area contributed by atoms with Gasteiger partial charge in [0.2, 0.25) is 29.7 Å². The summed E-state index contributed by atoms with van der Waals surface area (Å²) in [6.45, 7) is 38.1. The molecule has 28 heteroatoms. The van der Waals surface area contributed by atoms with Gasteiger partial charge in [0.15, 0.2) is 10.8 Å². The number of Topliss-reactive ketones (excluding diaryl/α,β-unsaturated/α-hetero) is 1. The van der Waals surface area contributed by atoms with Gasteiger partial charge in [-0.2, -0.15) is 0 Å². The average molecular weight is 1540 g/mol. The molecule has 108 heavy (non-hydrogen) atoms. The highest BCUT2D eigenvalue weighted by molar-refractivity contribution is 7.12. The molecule has 0 aliphatic rings. The van der Waals surface area contributed by atoms with E-state index >= 15 is 0 Å². The van der Waals surface area contributed by atoms with Crippen LogP contribution in [0.1, 0.15) is 137 Å². The van der Waals surface area contributed by atoms with Crippen LogP contribution in [0.2, 0.25) is 0 Å². The van der Waals surface area contributed by atoms with Gasteiger partial charge in [0.1, 0.15) is 16.9 Å². The zero-order valence-corrected chi connectivity index (χ0v) is 68.6. The monoisotopic (exact) mass is 1530 g/mol. The Morgan fingerprint density at radius 3 is 0.991 bits per heavy atom. The van der Waals surface area contributed by atoms with Crippen molar-refractivity contribution >= 4 is 116 Å². The van der Waals surface area contributed by atoms with Crippen molar-refractivity contribution in [2.45, 2.75) is 150 Å². The van der Waals surface area contributed by atoms with Crippen molar-refractivity contribution < 1.29 is 33.5 Å². The topological polar surface area (TPSA) is 284 Å². The van der Waals surface area contributed by atoms with Gasteiger partial charge in [-0.3, -0.25) is 14.4 Å². The third kappa shape index (κ3) is 27.4. The maximum Gasteiger partial charge on any atom is 0.421 e. The van der Waals surface area contributed by atoms with Crippen LogP contribution in [-0.2, 0) is 19.1 Å². The number of thiazole rings is 4. The Hall–Kier alpha value is -11.0. The van der Waals surface area contributed by atoms with E-state index in [2.05, 4.69) is 113 Å². The van der Waals surface area contributed by atoms with Crippen molar-refractivity contribution in [3.8, 4) is 45.6 Å². The largest absolute Gasteiger partial charge is 0.443 e. The number of aryl methyl sites for hydroxylation is 8. The molecule has 0 spiro atoms. The van der Waals surface area contributed by atoms with Gasteiger partial charge in [0, 0.05) is 78.6 Å². The summed E-state index contributed by atoms with van der Waals surface area (Å²) in [5.74, 6) is 1.45. The van der Waals surface area contributed by atoms with Crippen LogP contribution in [0, 0.1) is 55.4 Å². The number of rotatable bonds is 14. The lowest BCUT2D eigenvalue weighted by molar-refractivity contribution is -0.165. The molecule has 0 radical (unpaired) electrons. The number of carbonyl (C=O) groups is 4. The minimum absolute atomic E-state index is 0.0381. The van der Waals surface area contributed by atoms with Crippen LogP contribution in [0.15, 0.2) is 160 Å². The molecule has 12 rings (SSSR count). The number of ether oxygens (including phenoxy) is 2. The van der Waals surface area contributed by atoms with E-state index in [1.54, 1.807) is 77.9 Å². The van der Waals surface area contributed by atoms with Gasteiger partial charge in [-0.05, 0) is 214 Å². The van der Waals surface area contributed by atoms with E-state index in [9.17, 15) is 19.2 Å². The molecule has 0 aliphatic carbocycles. The summed E-state index contributed by atoms with van der Waals surface area (Å²) >= 11 is 5.85. The molecule has 0 atom stereocenters. The molecule has 12 aromatic rings. The number of benzene rings is 4. The number of ketones is 1. The van der Waals surface area contributed by atoms with Gasteiger partial charge in [-0.15, -0.1) is 45.3 Å². The molecule has 566 valence electrons. The normalized spacial score (nSPS) is 10.5. The molecular formula is C80H95N17O7S4. The van der Waals surface area contributed by atoms with E-state index in [0.29, 0.717) is 51.1 Å². The Bertz CT molecular complexity index is 4630. The first-order chi connectivity index (χ1) is 51.3. The number of anilines is 8. The molecule has 8 heterocycles. The average Bonchev–Trinajstić information content (AvgIpc) is 0.933. The van der Waals surface area contributed by atoms with Crippen molar-refractivity contribution in [2.75, 3.05) is 34.6 Å². The number of hydrogen-bond donors (Lipinski definition) is 2. The summed E-state index contributed by atoms with van der Waals surface area (Å²) in [4.78, 5) is 107. The van der Waals surface area contributed by atoms with Crippen molar-refractivity contribution in [3.63, 3.8) is 0 Å². The standard InChI is InChI=1S/2C20H22N4O2S.C17H16N4OS.C15H14N4S.C4H9NO2.2C2H6/c2*1-13-8-14(2)10-15(9-13)24(19(25)26-20(3,4)5)18-21-7-6-16(23-18)17-11-27-12-22-17;1-10-6-11(2)8-13(7-10)19-17-18-5-4-14(21-17)15-9-23-16(20-15)12(3)22;1-10-5-11(2)7-12(6-10)18-15-16-4-3-13(19-15)14-8-20-9-17-14;1-4(6)5(2)7-3;2*1-2/h2*6-12H,1-5H3;4-9H,1-3H3,(H,18,19,21);3-9H,1-2H3,(H,16,18,19);1-3H3;2*1-2H3. The van der Waals surface area contributed by atoms with Crippen LogP contribution < -0.4 is 20.4 Å². The molecule has 0 saturated heterocycles. The second-order valence-corrected chi connectivity index (χ2v) is 28.8. The lowest BCUT2D eigenvalue weighted by Gasteiger charge is -2.26. The number of hydroxylamine groups is 2. The van der Waals surface area contributed by atoms with Crippen molar-refractivity contribution in [3.05, 3.63) is 209 Å². The van der Waals surface area contributed by atoms with Gasteiger partial charge in [0.05, 0.1) is 74.9 Å². The number of nitrogens with zero attached hydrogens (tertiary/aromatic N) is 15. The number of amides is 3. The summed E-state index contributed by atoms with van der Waals surface area (Å²) in [6.07, 6.45) is 5.62. The second kappa shape index (κ2) is 41.2. The molecular weight excluding hydrogens is 1440 g/mol. The van der Waals surface area contributed by atoms with Gasteiger partial charge in [0.25, 0.3) is 0 Å². The summed E-state index contributed by atoms with van der Waals surface area (Å²) in [5.41, 5.74) is 22.1. The highest BCUT2D eigenvalue weighted by Gasteiger charge is 2.30. The van der Waals surface area contributed by atoms with Crippen LogP contribution in [0.25, 0.3) is 45.6 Å². The van der Waals surface area contributed by atoms with Crippen LogP contribution in [0.3, 0.4) is 0 Å². The molecule has 2 N–H and O–H groups in total. The van der Waals surface area contributed by atoms with Crippen LogP contribution in [-0.4, -0.2) is 114 Å². The van der Waals surface area contributed by atoms with Crippen LogP contribution in [0.4, 0.5) is 56.1 Å². The van der Waals surface area contributed by atoms with E-state index in [1.807, 2.05) is 187 Å². The molecule has 24 nitrogen and oxygen atoms in total. The lowest BCUT2D eigenvalue weighted by Crippen LogP contribution is -2.35. The van der Waals surface area contributed by atoms with Gasteiger partial charge in [-0.1, -0.05) is 52.0 Å². The van der Waals surface area contributed by atoms with Gasteiger partial charge in [-0.25, -0.2) is 84.3 Å². The molecule has 3 amide bonds. The lowest BCUT2D eigenvalue weighted by atomic mass is 10.1. The molecule has 0 saturated carbocycles. The molecule has 0 bridgehead atoms. The Kier molecular flexibility index (Phi) is 32.7. The van der Waals surface area contributed by atoms with E-state index in [1.165, 1.54) is 87.0 Å². The van der Waals surface area contributed by atoms with Crippen molar-refractivity contribution in [1.29, 1.82) is 0 Å². The highest BCUT2D eigenvalue weighted by atomic mass is 32.1. The smallest absolute Gasteiger partial charge is 0.421 e. The number of carbonyl (C=O) groups excluding carboxylic acids is 4. The molecule has 0 unspecified atom stereocenters. The van der Waals surface area contributed by atoms with E-state index in [4.69, 9.17) is 9.47 Å². The minimum atomic E-state index is -0.638. The Balaban J connectivity index is 0.000000216. The Morgan fingerprint density at radius 1 is 0.398 bits per heavy atom. The van der Waals surface area contributed by atoms with Crippen molar-refractivity contribution in [1.82, 2.24) is 64.9 Å². The fourth-order valence-corrected chi connectivity index (χ4v) is 12.1. The quantitative estimate of drug-likeness (QED) is 0.0755.